The van der Waals surface area contributed by atoms with Gasteiger partial charge >= 0.3 is 5.97 Å². The van der Waals surface area contributed by atoms with Crippen molar-refractivity contribution >= 4 is 23.6 Å². The smallest absolute Gasteiger partial charge is 0.352 e. The number of carbonyl (C=O) groups excluding carboxylic acids is 1. The van der Waals surface area contributed by atoms with Gasteiger partial charge in [0.2, 0.25) is 5.91 Å². The molecular weight excluding hydrogens is 288 g/mol. The van der Waals surface area contributed by atoms with Crippen molar-refractivity contribution in [2.75, 3.05) is 18.8 Å². The fourth-order valence-electron chi connectivity index (χ4n) is 3.23. The van der Waals surface area contributed by atoms with Gasteiger partial charge in [-0.2, -0.15) is 0 Å². The van der Waals surface area contributed by atoms with E-state index in [-0.39, 0.29) is 17.2 Å². The highest BCUT2D eigenvalue weighted by Gasteiger charge is 2.31. The van der Waals surface area contributed by atoms with Crippen LogP contribution >= 0.6 is 11.8 Å². The second-order valence-electron chi connectivity index (χ2n) is 5.66. The van der Waals surface area contributed by atoms with Crippen LogP contribution in [-0.2, 0) is 4.79 Å². The number of piperidine rings is 1. The lowest BCUT2D eigenvalue weighted by Crippen LogP contribution is -2.42. The van der Waals surface area contributed by atoms with E-state index < -0.39 is 5.97 Å². The van der Waals surface area contributed by atoms with Gasteiger partial charge < -0.3 is 14.6 Å². The summed E-state index contributed by atoms with van der Waals surface area (Å²) >= 11 is 1.77. The van der Waals surface area contributed by atoms with Gasteiger partial charge in [-0.1, -0.05) is 0 Å². The van der Waals surface area contributed by atoms with Crippen molar-refractivity contribution < 1.29 is 14.7 Å². The number of hydrogen-bond acceptors (Lipinski definition) is 3. The summed E-state index contributed by atoms with van der Waals surface area (Å²) in [5.41, 5.74) is 0.339. The molecule has 2 saturated heterocycles. The Bertz CT molecular complexity index is 529. The van der Waals surface area contributed by atoms with Gasteiger partial charge in [-0.05, 0) is 43.6 Å². The summed E-state index contributed by atoms with van der Waals surface area (Å²) < 4.78 is 1.84. The Kier molecular flexibility index (Phi) is 4.24. The van der Waals surface area contributed by atoms with Crippen LogP contribution in [0.5, 0.6) is 0 Å². The van der Waals surface area contributed by atoms with Gasteiger partial charge in [-0.3, -0.25) is 4.79 Å². The van der Waals surface area contributed by atoms with Gasteiger partial charge in [0.05, 0.1) is 5.25 Å². The van der Waals surface area contributed by atoms with Crippen LogP contribution in [-0.4, -0.2) is 50.5 Å². The number of aromatic nitrogens is 1. The zero-order valence-electron chi connectivity index (χ0n) is 11.9. The molecule has 0 saturated carbocycles. The molecular formula is C15H20N2O3S. The first kappa shape index (κ1) is 14.5. The number of carboxylic acids is 1. The Morgan fingerprint density at radius 3 is 2.62 bits per heavy atom. The molecule has 1 aromatic rings. The average Bonchev–Trinajstić information content (AvgIpc) is 3.18. The van der Waals surface area contributed by atoms with E-state index in [1.54, 1.807) is 23.9 Å². The molecule has 2 aliphatic rings. The number of nitrogens with zero attached hydrogens (tertiary/aromatic N) is 2. The third-order valence-electron chi connectivity index (χ3n) is 4.37. The molecule has 0 aromatic carbocycles. The van der Waals surface area contributed by atoms with E-state index in [1.807, 2.05) is 15.7 Å². The topological polar surface area (TPSA) is 62.5 Å². The number of hydrogen-bond donors (Lipinski definition) is 1. The highest BCUT2D eigenvalue weighted by molar-refractivity contribution is 8.00. The maximum Gasteiger partial charge on any atom is 0.352 e. The van der Waals surface area contributed by atoms with E-state index in [4.69, 9.17) is 0 Å². The first-order valence-corrected chi connectivity index (χ1v) is 8.52. The molecule has 3 rings (SSSR count). The number of aromatic carboxylic acids is 1. The average molecular weight is 308 g/mol. The Morgan fingerprint density at radius 1 is 1.24 bits per heavy atom. The van der Waals surface area contributed by atoms with Crippen LogP contribution in [0.15, 0.2) is 18.3 Å². The van der Waals surface area contributed by atoms with Crippen LogP contribution in [0.1, 0.15) is 42.2 Å². The van der Waals surface area contributed by atoms with Gasteiger partial charge in [0.25, 0.3) is 0 Å². The predicted molar refractivity (Wildman–Crippen MR) is 81.7 cm³/mol. The summed E-state index contributed by atoms with van der Waals surface area (Å²) in [5.74, 6) is 0.487. The fraction of sp³-hybridized carbons (Fsp3) is 0.600. The lowest BCUT2D eigenvalue weighted by atomic mass is 10.0. The SMILES string of the molecule is O=C(O)c1cccn1C1CCN(C(=O)C2CCCS2)CC1. The van der Waals surface area contributed by atoms with E-state index in [2.05, 4.69) is 0 Å². The number of amides is 1. The lowest BCUT2D eigenvalue weighted by Gasteiger charge is -2.34. The Balaban J connectivity index is 1.61. The lowest BCUT2D eigenvalue weighted by molar-refractivity contribution is -0.131. The second-order valence-corrected chi connectivity index (χ2v) is 6.97. The minimum Gasteiger partial charge on any atom is -0.477 e. The third-order valence-corrected chi connectivity index (χ3v) is 5.74. The Morgan fingerprint density at radius 2 is 2.00 bits per heavy atom. The van der Waals surface area contributed by atoms with Crippen LogP contribution in [0.3, 0.4) is 0 Å². The number of rotatable bonds is 3. The Hall–Kier alpha value is -1.43. The number of carbonyl (C=O) groups is 2. The molecule has 6 heteroatoms. The molecule has 3 heterocycles. The molecule has 1 atom stereocenters. The molecule has 2 fully saturated rings. The zero-order chi connectivity index (χ0) is 14.8. The minimum absolute atomic E-state index is 0.155. The van der Waals surface area contributed by atoms with E-state index in [0.717, 1.165) is 44.5 Å². The van der Waals surface area contributed by atoms with Crippen LogP contribution in [0.2, 0.25) is 0 Å². The molecule has 2 aliphatic heterocycles. The van der Waals surface area contributed by atoms with Gasteiger partial charge in [-0.15, -0.1) is 11.8 Å². The van der Waals surface area contributed by atoms with Crippen molar-refractivity contribution in [3.63, 3.8) is 0 Å². The summed E-state index contributed by atoms with van der Waals surface area (Å²) in [7, 11) is 0. The summed E-state index contributed by atoms with van der Waals surface area (Å²) in [4.78, 5) is 25.5. The standard InChI is InChI=1S/C15H20N2O3S/c18-14(13-4-2-10-21-13)16-8-5-11(6-9-16)17-7-1-3-12(17)15(19)20/h1,3,7,11,13H,2,4-6,8-10H2,(H,19,20). The van der Waals surface area contributed by atoms with Crippen LogP contribution in [0.25, 0.3) is 0 Å². The third kappa shape index (κ3) is 2.95. The molecule has 21 heavy (non-hydrogen) atoms. The normalized spacial score (nSPS) is 23.4. The number of carboxylic acid groups (broad SMARTS) is 1. The van der Waals surface area contributed by atoms with E-state index in [0.29, 0.717) is 5.69 Å². The van der Waals surface area contributed by atoms with E-state index in [1.165, 1.54) is 0 Å². The molecule has 0 aliphatic carbocycles. The molecule has 1 unspecified atom stereocenters. The molecule has 1 aromatic heterocycles. The highest BCUT2D eigenvalue weighted by atomic mass is 32.2. The number of likely N-dealkylation sites (tertiary alicyclic amines) is 1. The second kappa shape index (κ2) is 6.13. The van der Waals surface area contributed by atoms with Crippen LogP contribution < -0.4 is 0 Å². The van der Waals surface area contributed by atoms with Crippen molar-refractivity contribution in [2.45, 2.75) is 37.0 Å². The molecule has 0 bridgehead atoms. The van der Waals surface area contributed by atoms with Crippen LogP contribution in [0, 0.1) is 0 Å². The van der Waals surface area contributed by atoms with Gasteiger partial charge in [-0.25, -0.2) is 4.79 Å². The van der Waals surface area contributed by atoms with Gasteiger partial charge in [0, 0.05) is 25.3 Å². The molecule has 1 N–H and O–H groups in total. The summed E-state index contributed by atoms with van der Waals surface area (Å²) in [6, 6.07) is 3.59. The Labute approximate surface area is 128 Å². The van der Waals surface area contributed by atoms with Crippen molar-refractivity contribution in [3.8, 4) is 0 Å². The maximum absolute atomic E-state index is 12.4. The van der Waals surface area contributed by atoms with Crippen molar-refractivity contribution in [1.29, 1.82) is 0 Å². The number of thioether (sulfide) groups is 1. The monoisotopic (exact) mass is 308 g/mol. The maximum atomic E-state index is 12.4. The van der Waals surface area contributed by atoms with Crippen LogP contribution in [0.4, 0.5) is 0 Å². The fourth-order valence-corrected chi connectivity index (χ4v) is 4.48. The minimum atomic E-state index is -0.888. The first-order valence-electron chi connectivity index (χ1n) is 7.47. The van der Waals surface area contributed by atoms with Gasteiger partial charge in [0.1, 0.15) is 5.69 Å². The summed E-state index contributed by atoms with van der Waals surface area (Å²) in [6.45, 7) is 1.47. The predicted octanol–water partition coefficient (Wildman–Crippen LogP) is 2.25. The van der Waals surface area contributed by atoms with Gasteiger partial charge in [0.15, 0.2) is 0 Å². The molecule has 1 amide bonds. The van der Waals surface area contributed by atoms with E-state index >= 15 is 0 Å². The first-order chi connectivity index (χ1) is 10.2. The van der Waals surface area contributed by atoms with Crippen molar-refractivity contribution in [1.82, 2.24) is 9.47 Å². The molecule has 0 spiro atoms. The summed E-state index contributed by atoms with van der Waals surface area (Å²) in [5, 5.41) is 9.34. The highest BCUT2D eigenvalue weighted by Crippen LogP contribution is 2.30. The molecule has 5 nitrogen and oxygen atoms in total. The zero-order valence-corrected chi connectivity index (χ0v) is 12.7. The van der Waals surface area contributed by atoms with E-state index in [9.17, 15) is 14.7 Å². The largest absolute Gasteiger partial charge is 0.477 e. The van der Waals surface area contributed by atoms with Crippen molar-refractivity contribution in [3.05, 3.63) is 24.0 Å². The molecule has 0 radical (unpaired) electrons. The van der Waals surface area contributed by atoms with Crippen molar-refractivity contribution in [2.24, 2.45) is 0 Å². The quantitative estimate of drug-likeness (QED) is 0.930. The summed E-state index contributed by atoms with van der Waals surface area (Å²) in [6.07, 6.45) is 5.64. The molecule has 114 valence electrons.